The van der Waals surface area contributed by atoms with Gasteiger partial charge in [-0.3, -0.25) is 0 Å². The van der Waals surface area contributed by atoms with Crippen LogP contribution >= 0.6 is 23.2 Å². The summed E-state index contributed by atoms with van der Waals surface area (Å²) in [5.41, 5.74) is 10.8. The van der Waals surface area contributed by atoms with Gasteiger partial charge in [0.1, 0.15) is 17.8 Å². The van der Waals surface area contributed by atoms with Gasteiger partial charge in [0.25, 0.3) is 0 Å². The molecule has 170 valence electrons. The van der Waals surface area contributed by atoms with E-state index in [-0.39, 0.29) is 0 Å². The monoisotopic (exact) mass is 489 g/mol. The molecule has 4 aromatic rings. The van der Waals surface area contributed by atoms with Crippen LogP contribution in [0.15, 0.2) is 61.1 Å². The molecular formula is C25H21Cl2N7. The summed E-state index contributed by atoms with van der Waals surface area (Å²) in [6.45, 7) is 3.89. The van der Waals surface area contributed by atoms with Gasteiger partial charge in [-0.2, -0.15) is 5.26 Å². The van der Waals surface area contributed by atoms with Gasteiger partial charge >= 0.3 is 0 Å². The number of aryl methyl sites for hydroxylation is 2. The highest BCUT2D eigenvalue weighted by Gasteiger charge is 2.19. The number of benzene rings is 2. The molecule has 1 unspecified atom stereocenters. The quantitative estimate of drug-likeness (QED) is 0.282. The number of anilines is 5. The van der Waals surface area contributed by atoms with Crippen molar-refractivity contribution in [2.24, 2.45) is 0 Å². The van der Waals surface area contributed by atoms with Crippen LogP contribution in [-0.4, -0.2) is 15.0 Å². The van der Waals surface area contributed by atoms with E-state index in [1.807, 2.05) is 44.2 Å². The van der Waals surface area contributed by atoms with E-state index in [0.29, 0.717) is 44.4 Å². The minimum Gasteiger partial charge on any atom is -0.393 e. The zero-order valence-corrected chi connectivity index (χ0v) is 20.0. The second-order valence-corrected chi connectivity index (χ2v) is 8.60. The van der Waals surface area contributed by atoms with Gasteiger partial charge in [0, 0.05) is 21.9 Å². The average molecular weight is 490 g/mol. The summed E-state index contributed by atoms with van der Waals surface area (Å²) in [5, 5.41) is 17.2. The maximum atomic E-state index is 9.82. The molecule has 0 amide bonds. The van der Waals surface area contributed by atoms with E-state index in [1.165, 1.54) is 6.33 Å². The minimum atomic E-state index is -0.528. The van der Waals surface area contributed by atoms with Gasteiger partial charge in [-0.25, -0.2) is 15.0 Å². The summed E-state index contributed by atoms with van der Waals surface area (Å²) < 4.78 is 0. The summed E-state index contributed by atoms with van der Waals surface area (Å²) in [6.07, 6.45) is 3.16. The van der Waals surface area contributed by atoms with Crippen molar-refractivity contribution in [3.05, 3.63) is 93.4 Å². The summed E-state index contributed by atoms with van der Waals surface area (Å²) in [5.74, 6) is 0.947. The molecule has 4 N–H and O–H groups in total. The van der Waals surface area contributed by atoms with Crippen LogP contribution in [0.1, 0.15) is 28.2 Å². The number of nitrogens with zero attached hydrogens (tertiary/aromatic N) is 4. The van der Waals surface area contributed by atoms with E-state index in [4.69, 9.17) is 28.9 Å². The molecule has 9 heteroatoms. The average Bonchev–Trinajstić information content (AvgIpc) is 2.82. The number of nitrogens with two attached hydrogens (primary N) is 1. The first-order valence-corrected chi connectivity index (χ1v) is 11.1. The maximum Gasteiger partial charge on any atom is 0.160 e. The molecule has 0 radical (unpaired) electrons. The maximum absolute atomic E-state index is 9.82. The highest BCUT2D eigenvalue weighted by atomic mass is 35.5. The van der Waals surface area contributed by atoms with E-state index in [9.17, 15) is 5.26 Å². The number of nitrogen functional groups attached to an aromatic ring is 1. The summed E-state index contributed by atoms with van der Waals surface area (Å²) >= 11 is 12.6. The molecule has 0 bridgehead atoms. The molecule has 2 heterocycles. The molecule has 0 fully saturated rings. The Balaban J connectivity index is 1.61. The van der Waals surface area contributed by atoms with Crippen LogP contribution in [-0.2, 0) is 0 Å². The third kappa shape index (κ3) is 5.04. The number of pyridine rings is 1. The fourth-order valence-corrected chi connectivity index (χ4v) is 3.82. The fraction of sp³-hybridized carbons (Fsp3) is 0.120. The fourth-order valence-electron chi connectivity index (χ4n) is 3.42. The molecule has 1 atom stereocenters. The molecule has 0 spiro atoms. The molecule has 2 aromatic carbocycles. The lowest BCUT2D eigenvalue weighted by Crippen LogP contribution is -2.07. The Hall–Kier alpha value is -3.86. The molecular weight excluding hydrogens is 469 g/mol. The molecule has 4 rings (SSSR count). The zero-order valence-electron chi connectivity index (χ0n) is 18.5. The Morgan fingerprint density at radius 3 is 2.29 bits per heavy atom. The SMILES string of the molecule is Cc1ccc(Nc2ncnc(Nc3cc(Cl)c(C(C#N)c4ccc(Cl)cc4)cc3C)c2N)nc1. The van der Waals surface area contributed by atoms with Crippen molar-refractivity contribution >= 4 is 52.0 Å². The van der Waals surface area contributed by atoms with Crippen LogP contribution in [0.2, 0.25) is 10.0 Å². The van der Waals surface area contributed by atoms with Gasteiger partial charge in [0.15, 0.2) is 11.6 Å². The van der Waals surface area contributed by atoms with Gasteiger partial charge < -0.3 is 16.4 Å². The van der Waals surface area contributed by atoms with E-state index < -0.39 is 5.92 Å². The smallest absolute Gasteiger partial charge is 0.160 e. The molecule has 0 aliphatic rings. The van der Waals surface area contributed by atoms with Crippen LogP contribution in [0, 0.1) is 25.2 Å². The van der Waals surface area contributed by atoms with Gasteiger partial charge in [-0.15, -0.1) is 0 Å². The Morgan fingerprint density at radius 2 is 1.65 bits per heavy atom. The van der Waals surface area contributed by atoms with E-state index >= 15 is 0 Å². The number of rotatable bonds is 6. The Bertz CT molecular complexity index is 1360. The molecule has 7 nitrogen and oxygen atoms in total. The first-order chi connectivity index (χ1) is 16.4. The highest BCUT2D eigenvalue weighted by molar-refractivity contribution is 6.32. The minimum absolute atomic E-state index is 0.334. The lowest BCUT2D eigenvalue weighted by molar-refractivity contribution is 1.03. The molecule has 0 saturated heterocycles. The van der Waals surface area contributed by atoms with E-state index in [0.717, 1.165) is 16.7 Å². The largest absolute Gasteiger partial charge is 0.393 e. The lowest BCUT2D eigenvalue weighted by atomic mass is 9.91. The van der Waals surface area contributed by atoms with E-state index in [1.54, 1.807) is 24.4 Å². The number of halogens is 2. The van der Waals surface area contributed by atoms with E-state index in [2.05, 4.69) is 31.7 Å². The first kappa shape index (κ1) is 23.3. The predicted molar refractivity (Wildman–Crippen MR) is 137 cm³/mol. The molecule has 0 saturated carbocycles. The van der Waals surface area contributed by atoms with Crippen LogP contribution < -0.4 is 16.4 Å². The summed E-state index contributed by atoms with van der Waals surface area (Å²) in [6, 6.07) is 16.9. The number of nitriles is 1. The molecule has 34 heavy (non-hydrogen) atoms. The Morgan fingerprint density at radius 1 is 0.941 bits per heavy atom. The predicted octanol–water partition coefficient (Wildman–Crippen LogP) is 6.52. The van der Waals surface area contributed by atoms with Crippen LogP contribution in [0.3, 0.4) is 0 Å². The zero-order chi connectivity index (χ0) is 24.2. The van der Waals surface area contributed by atoms with Gasteiger partial charge in [-0.1, -0.05) is 47.5 Å². The van der Waals surface area contributed by atoms with Crippen molar-refractivity contribution in [2.45, 2.75) is 19.8 Å². The number of nitrogens with one attached hydrogen (secondary N) is 2. The van der Waals surface area contributed by atoms with Crippen LogP contribution in [0.5, 0.6) is 0 Å². The first-order valence-electron chi connectivity index (χ1n) is 10.4. The topological polar surface area (TPSA) is 113 Å². The second-order valence-electron chi connectivity index (χ2n) is 7.76. The Labute approximate surface area is 207 Å². The van der Waals surface area contributed by atoms with Crippen molar-refractivity contribution in [2.75, 3.05) is 16.4 Å². The summed E-state index contributed by atoms with van der Waals surface area (Å²) in [4.78, 5) is 12.8. The van der Waals surface area contributed by atoms with Crippen LogP contribution in [0.25, 0.3) is 0 Å². The summed E-state index contributed by atoms with van der Waals surface area (Å²) in [7, 11) is 0. The molecule has 2 aromatic heterocycles. The second kappa shape index (κ2) is 9.96. The Kier molecular flexibility index (Phi) is 6.82. The van der Waals surface area contributed by atoms with Crippen molar-refractivity contribution < 1.29 is 0 Å². The van der Waals surface area contributed by atoms with Crippen LogP contribution in [0.4, 0.5) is 28.8 Å². The number of hydrogen-bond donors (Lipinski definition) is 3. The number of aromatic nitrogens is 3. The van der Waals surface area contributed by atoms with Crippen molar-refractivity contribution in [3.8, 4) is 6.07 Å². The van der Waals surface area contributed by atoms with Gasteiger partial charge in [-0.05, 0) is 60.4 Å². The van der Waals surface area contributed by atoms with Crippen molar-refractivity contribution in [1.29, 1.82) is 5.26 Å². The molecule has 0 aliphatic heterocycles. The third-order valence-corrected chi connectivity index (χ3v) is 5.86. The van der Waals surface area contributed by atoms with Gasteiger partial charge in [0.05, 0.1) is 12.0 Å². The standard InChI is InChI=1S/C25H21Cl2N7/c1-14-3-8-22(30-12-14)34-25-23(29)24(31-13-32-25)33-21-10-20(27)18(9-15(21)2)19(11-28)16-4-6-17(26)7-5-16/h3-10,12-13,19H,29H2,1-2H3,(H2,30,31,32,33,34). The lowest BCUT2D eigenvalue weighted by Gasteiger charge is -2.17. The molecule has 0 aliphatic carbocycles. The van der Waals surface area contributed by atoms with Gasteiger partial charge in [0.2, 0.25) is 0 Å². The van der Waals surface area contributed by atoms with Crippen molar-refractivity contribution in [1.82, 2.24) is 15.0 Å². The number of hydrogen-bond acceptors (Lipinski definition) is 7. The normalized spacial score (nSPS) is 11.5. The van der Waals surface area contributed by atoms with Crippen molar-refractivity contribution in [3.63, 3.8) is 0 Å². The highest BCUT2D eigenvalue weighted by Crippen LogP contribution is 2.36. The third-order valence-electron chi connectivity index (χ3n) is 5.28.